The molecule has 0 bridgehead atoms. The minimum Gasteiger partial charge on any atom is -0.319 e. The van der Waals surface area contributed by atoms with E-state index in [2.05, 4.69) is 15.2 Å². The van der Waals surface area contributed by atoms with E-state index in [4.69, 9.17) is 11.6 Å². The lowest BCUT2D eigenvalue weighted by atomic mass is 10.0. The summed E-state index contributed by atoms with van der Waals surface area (Å²) in [6.45, 7) is 2.30. The fraction of sp³-hybridized carbons (Fsp3) is 0.750. The van der Waals surface area contributed by atoms with Crippen molar-refractivity contribution >= 4 is 22.9 Å². The molecule has 0 radical (unpaired) electrons. The van der Waals surface area contributed by atoms with E-state index >= 15 is 0 Å². The Hall–Kier alpha value is -0.160. The molecule has 2 atom stereocenters. The van der Waals surface area contributed by atoms with Gasteiger partial charge in [0.15, 0.2) is 0 Å². The van der Waals surface area contributed by atoms with Gasteiger partial charge in [0, 0.05) is 6.04 Å². The number of aromatic nitrogens is 1. The molecule has 0 amide bonds. The van der Waals surface area contributed by atoms with E-state index in [9.17, 15) is 0 Å². The number of thiazole rings is 1. The molecule has 1 aromatic rings. The fourth-order valence-electron chi connectivity index (χ4n) is 2.92. The molecule has 2 aliphatic rings. The highest BCUT2D eigenvalue weighted by atomic mass is 35.5. The molecule has 2 unspecified atom stereocenters. The highest BCUT2D eigenvalue weighted by Gasteiger charge is 2.43. The van der Waals surface area contributed by atoms with Gasteiger partial charge in [-0.3, -0.25) is 4.90 Å². The lowest BCUT2D eigenvalue weighted by molar-refractivity contribution is 0.217. The van der Waals surface area contributed by atoms with Gasteiger partial charge < -0.3 is 5.32 Å². The maximum Gasteiger partial charge on any atom is 0.113 e. The average Bonchev–Trinajstić information content (AvgIpc) is 2.94. The molecule has 3 nitrogen and oxygen atoms in total. The molecular weight excluding hydrogens is 254 g/mol. The first kappa shape index (κ1) is 11.9. The van der Waals surface area contributed by atoms with Crippen LogP contribution in [-0.4, -0.2) is 36.1 Å². The van der Waals surface area contributed by atoms with E-state index < -0.39 is 0 Å². The SMILES string of the molecule is CNCC1CCN(C2CC2)C1c1ncc(Cl)s1. The Morgan fingerprint density at radius 2 is 2.35 bits per heavy atom. The van der Waals surface area contributed by atoms with Crippen molar-refractivity contribution in [2.45, 2.75) is 31.3 Å². The first-order valence-corrected chi connectivity index (χ1v) is 7.50. The van der Waals surface area contributed by atoms with Crippen LogP contribution in [0.15, 0.2) is 6.20 Å². The van der Waals surface area contributed by atoms with Crippen molar-refractivity contribution in [3.8, 4) is 0 Å². The van der Waals surface area contributed by atoms with Crippen molar-refractivity contribution in [2.24, 2.45) is 5.92 Å². The van der Waals surface area contributed by atoms with Gasteiger partial charge in [-0.05, 0) is 45.3 Å². The highest BCUT2D eigenvalue weighted by molar-refractivity contribution is 7.15. The summed E-state index contributed by atoms with van der Waals surface area (Å²) in [5, 5.41) is 4.52. The van der Waals surface area contributed by atoms with Crippen molar-refractivity contribution in [3.63, 3.8) is 0 Å². The predicted molar refractivity (Wildman–Crippen MR) is 71.6 cm³/mol. The van der Waals surface area contributed by atoms with Gasteiger partial charge in [-0.1, -0.05) is 11.6 Å². The summed E-state index contributed by atoms with van der Waals surface area (Å²) in [5.41, 5.74) is 0. The third kappa shape index (κ3) is 2.36. The summed E-state index contributed by atoms with van der Waals surface area (Å²) in [7, 11) is 2.03. The topological polar surface area (TPSA) is 28.2 Å². The summed E-state index contributed by atoms with van der Waals surface area (Å²) >= 11 is 7.68. The van der Waals surface area contributed by atoms with E-state index in [1.807, 2.05) is 7.05 Å². The maximum absolute atomic E-state index is 6.03. The minimum absolute atomic E-state index is 0.493. The average molecular weight is 272 g/mol. The largest absolute Gasteiger partial charge is 0.319 e. The quantitative estimate of drug-likeness (QED) is 0.912. The zero-order chi connectivity index (χ0) is 11.8. The second kappa shape index (κ2) is 4.84. The molecule has 3 rings (SSSR count). The Labute approximate surface area is 111 Å². The van der Waals surface area contributed by atoms with Crippen LogP contribution in [0, 0.1) is 5.92 Å². The first-order valence-electron chi connectivity index (χ1n) is 6.31. The second-order valence-corrected chi connectivity index (χ2v) is 6.72. The normalized spacial score (nSPS) is 30.0. The highest BCUT2D eigenvalue weighted by Crippen LogP contribution is 2.45. The van der Waals surface area contributed by atoms with E-state index in [0.717, 1.165) is 16.9 Å². The number of halogens is 1. The molecule has 1 aliphatic carbocycles. The van der Waals surface area contributed by atoms with Crippen LogP contribution in [0.4, 0.5) is 0 Å². The Kier molecular flexibility index (Phi) is 3.39. The van der Waals surface area contributed by atoms with Crippen LogP contribution in [0.5, 0.6) is 0 Å². The molecule has 2 heterocycles. The van der Waals surface area contributed by atoms with E-state index in [1.165, 1.54) is 30.8 Å². The van der Waals surface area contributed by atoms with Crippen molar-refractivity contribution in [2.75, 3.05) is 20.1 Å². The summed E-state index contributed by atoms with van der Waals surface area (Å²) in [6, 6.07) is 1.30. The van der Waals surface area contributed by atoms with Crippen LogP contribution < -0.4 is 5.32 Å². The Morgan fingerprint density at radius 1 is 1.53 bits per heavy atom. The number of hydrogen-bond donors (Lipinski definition) is 1. The van der Waals surface area contributed by atoms with Crippen LogP contribution >= 0.6 is 22.9 Å². The lowest BCUT2D eigenvalue weighted by Gasteiger charge is -2.26. The van der Waals surface area contributed by atoms with Gasteiger partial charge in [0.25, 0.3) is 0 Å². The number of hydrogen-bond acceptors (Lipinski definition) is 4. The van der Waals surface area contributed by atoms with Crippen LogP contribution in [0.3, 0.4) is 0 Å². The molecule has 94 valence electrons. The molecule has 1 saturated heterocycles. The zero-order valence-electron chi connectivity index (χ0n) is 10.0. The molecule has 5 heteroatoms. The van der Waals surface area contributed by atoms with Crippen molar-refractivity contribution in [3.05, 3.63) is 15.5 Å². The fourth-order valence-corrected chi connectivity index (χ4v) is 4.07. The molecular formula is C12H18ClN3S. The standard InChI is InChI=1S/C12H18ClN3S/c1-14-6-8-4-5-16(9-2-3-9)11(8)12-15-7-10(13)17-12/h7-9,11,14H,2-6H2,1H3. The molecule has 2 fully saturated rings. The first-order chi connectivity index (χ1) is 8.29. The van der Waals surface area contributed by atoms with Gasteiger partial charge >= 0.3 is 0 Å². The minimum atomic E-state index is 0.493. The predicted octanol–water partition coefficient (Wildman–Crippen LogP) is 2.54. The van der Waals surface area contributed by atoms with Gasteiger partial charge in [0.2, 0.25) is 0 Å². The maximum atomic E-state index is 6.03. The molecule has 1 N–H and O–H groups in total. The molecule has 1 saturated carbocycles. The van der Waals surface area contributed by atoms with Crippen LogP contribution in [0.2, 0.25) is 4.34 Å². The molecule has 1 aliphatic heterocycles. The number of likely N-dealkylation sites (tertiary alicyclic amines) is 1. The number of rotatable bonds is 4. The van der Waals surface area contributed by atoms with Gasteiger partial charge in [0.1, 0.15) is 9.34 Å². The third-order valence-electron chi connectivity index (χ3n) is 3.79. The van der Waals surface area contributed by atoms with E-state index in [1.54, 1.807) is 17.5 Å². The summed E-state index contributed by atoms with van der Waals surface area (Å²) in [6.07, 6.45) is 5.80. The summed E-state index contributed by atoms with van der Waals surface area (Å²) < 4.78 is 0.811. The van der Waals surface area contributed by atoms with Gasteiger partial charge in [-0.25, -0.2) is 4.98 Å². The Morgan fingerprint density at radius 3 is 2.94 bits per heavy atom. The van der Waals surface area contributed by atoms with Crippen molar-refractivity contribution in [1.82, 2.24) is 15.2 Å². The van der Waals surface area contributed by atoms with Crippen LogP contribution in [0.1, 0.15) is 30.3 Å². The zero-order valence-corrected chi connectivity index (χ0v) is 11.6. The summed E-state index contributed by atoms with van der Waals surface area (Å²) in [5.74, 6) is 0.683. The number of nitrogens with zero attached hydrogens (tertiary/aromatic N) is 2. The van der Waals surface area contributed by atoms with E-state index in [0.29, 0.717) is 12.0 Å². The molecule has 0 aromatic carbocycles. The van der Waals surface area contributed by atoms with E-state index in [-0.39, 0.29) is 0 Å². The second-order valence-electron chi connectivity index (χ2n) is 5.02. The van der Waals surface area contributed by atoms with Gasteiger partial charge in [-0.2, -0.15) is 0 Å². The monoisotopic (exact) mass is 271 g/mol. The Balaban J connectivity index is 1.83. The van der Waals surface area contributed by atoms with Crippen molar-refractivity contribution < 1.29 is 0 Å². The Bertz CT molecular complexity index is 391. The molecule has 17 heavy (non-hydrogen) atoms. The molecule has 1 aromatic heterocycles. The summed E-state index contributed by atoms with van der Waals surface area (Å²) in [4.78, 5) is 7.16. The van der Waals surface area contributed by atoms with Crippen LogP contribution in [0.25, 0.3) is 0 Å². The van der Waals surface area contributed by atoms with Crippen molar-refractivity contribution in [1.29, 1.82) is 0 Å². The molecule has 0 spiro atoms. The smallest absolute Gasteiger partial charge is 0.113 e. The van der Waals surface area contributed by atoms with Crippen LogP contribution in [-0.2, 0) is 0 Å². The third-order valence-corrected chi connectivity index (χ3v) is 4.98. The van der Waals surface area contributed by atoms with Gasteiger partial charge in [-0.15, -0.1) is 11.3 Å². The van der Waals surface area contributed by atoms with Gasteiger partial charge in [0.05, 0.1) is 12.2 Å². The number of nitrogens with one attached hydrogen (secondary N) is 1. The lowest BCUT2D eigenvalue weighted by Crippen LogP contribution is -2.30.